The first-order valence-electron chi connectivity index (χ1n) is 6.37. The first kappa shape index (κ1) is 12.4. The molecule has 6 nitrogen and oxygen atoms in total. The van der Waals surface area contributed by atoms with Gasteiger partial charge in [-0.15, -0.1) is 0 Å². The first-order valence-corrected chi connectivity index (χ1v) is 6.37. The summed E-state index contributed by atoms with van der Waals surface area (Å²) in [4.78, 5) is 19.4. The van der Waals surface area contributed by atoms with E-state index in [9.17, 15) is 4.79 Å². The van der Waals surface area contributed by atoms with E-state index in [-0.39, 0.29) is 11.7 Å². The molecule has 102 valence electrons. The fourth-order valence-electron chi connectivity index (χ4n) is 1.98. The smallest absolute Gasteiger partial charge is 0.289 e. The Bertz CT molecular complexity index is 711. The Labute approximate surface area is 115 Å². The van der Waals surface area contributed by atoms with E-state index < -0.39 is 0 Å². The van der Waals surface area contributed by atoms with Gasteiger partial charge in [-0.05, 0) is 19.1 Å². The molecule has 1 aromatic carbocycles. The predicted octanol–water partition coefficient (Wildman–Crippen LogP) is 1.83. The lowest BCUT2D eigenvalue weighted by Gasteiger charge is -2.00. The SMILES string of the molecule is Cc1cc(C(=O)NCCc2nc3ccccc3[nH]2)on1. The zero-order valence-corrected chi connectivity index (χ0v) is 11.0. The van der Waals surface area contributed by atoms with Crippen LogP contribution in [-0.4, -0.2) is 27.6 Å². The van der Waals surface area contributed by atoms with Gasteiger partial charge in [0.2, 0.25) is 5.76 Å². The van der Waals surface area contributed by atoms with E-state index in [2.05, 4.69) is 20.4 Å². The average molecular weight is 270 g/mol. The van der Waals surface area contributed by atoms with Crippen LogP contribution in [0.1, 0.15) is 22.1 Å². The lowest BCUT2D eigenvalue weighted by Crippen LogP contribution is -2.25. The second-order valence-corrected chi connectivity index (χ2v) is 4.54. The molecule has 0 aliphatic carbocycles. The number of carbonyl (C=O) groups excluding carboxylic acids is 1. The van der Waals surface area contributed by atoms with Crippen molar-refractivity contribution in [3.05, 3.63) is 47.6 Å². The molecule has 0 atom stereocenters. The molecular formula is C14H14N4O2. The van der Waals surface area contributed by atoms with Crippen LogP contribution in [-0.2, 0) is 6.42 Å². The monoisotopic (exact) mass is 270 g/mol. The third-order valence-electron chi connectivity index (χ3n) is 2.94. The molecule has 0 radical (unpaired) electrons. The summed E-state index contributed by atoms with van der Waals surface area (Å²) in [5.41, 5.74) is 2.62. The van der Waals surface area contributed by atoms with E-state index in [0.717, 1.165) is 16.9 Å². The van der Waals surface area contributed by atoms with Crippen molar-refractivity contribution in [3.63, 3.8) is 0 Å². The van der Waals surface area contributed by atoms with Gasteiger partial charge >= 0.3 is 0 Å². The maximum Gasteiger partial charge on any atom is 0.289 e. The van der Waals surface area contributed by atoms with Crippen LogP contribution in [0.4, 0.5) is 0 Å². The molecule has 2 heterocycles. The molecule has 0 saturated carbocycles. The number of hydrogen-bond donors (Lipinski definition) is 2. The van der Waals surface area contributed by atoms with Crippen molar-refractivity contribution in [1.82, 2.24) is 20.4 Å². The van der Waals surface area contributed by atoms with Crippen LogP contribution in [0.2, 0.25) is 0 Å². The van der Waals surface area contributed by atoms with Gasteiger partial charge in [0.1, 0.15) is 5.82 Å². The molecule has 0 unspecified atom stereocenters. The second kappa shape index (κ2) is 5.16. The third-order valence-corrected chi connectivity index (χ3v) is 2.94. The van der Waals surface area contributed by atoms with Crippen molar-refractivity contribution in [2.45, 2.75) is 13.3 Å². The van der Waals surface area contributed by atoms with E-state index in [1.165, 1.54) is 0 Å². The van der Waals surface area contributed by atoms with Gasteiger partial charge in [0.05, 0.1) is 16.7 Å². The summed E-state index contributed by atoms with van der Waals surface area (Å²) in [6.07, 6.45) is 0.632. The quantitative estimate of drug-likeness (QED) is 0.757. The zero-order chi connectivity index (χ0) is 13.9. The standard InChI is InChI=1S/C14H14N4O2/c1-9-8-12(20-18-9)14(19)15-7-6-13-16-10-4-2-3-5-11(10)17-13/h2-5,8H,6-7H2,1H3,(H,15,19)(H,16,17). The Hall–Kier alpha value is -2.63. The molecule has 6 heteroatoms. The van der Waals surface area contributed by atoms with E-state index in [1.54, 1.807) is 13.0 Å². The topological polar surface area (TPSA) is 83.8 Å². The molecular weight excluding hydrogens is 256 g/mol. The number of nitrogens with zero attached hydrogens (tertiary/aromatic N) is 2. The van der Waals surface area contributed by atoms with Gasteiger partial charge in [-0.3, -0.25) is 4.79 Å². The number of nitrogens with one attached hydrogen (secondary N) is 2. The number of imidazole rings is 1. The fraction of sp³-hybridized carbons (Fsp3) is 0.214. The number of hydrogen-bond acceptors (Lipinski definition) is 4. The van der Waals surface area contributed by atoms with Crippen LogP contribution in [0.3, 0.4) is 0 Å². The van der Waals surface area contributed by atoms with Crippen molar-refractivity contribution in [2.75, 3.05) is 6.54 Å². The number of aryl methyl sites for hydroxylation is 1. The highest BCUT2D eigenvalue weighted by Gasteiger charge is 2.11. The number of carbonyl (C=O) groups is 1. The zero-order valence-electron chi connectivity index (χ0n) is 11.0. The van der Waals surface area contributed by atoms with E-state index in [4.69, 9.17) is 4.52 Å². The van der Waals surface area contributed by atoms with Crippen molar-refractivity contribution in [2.24, 2.45) is 0 Å². The van der Waals surface area contributed by atoms with Crippen LogP contribution in [0.5, 0.6) is 0 Å². The van der Waals surface area contributed by atoms with Crippen LogP contribution in [0.15, 0.2) is 34.9 Å². The van der Waals surface area contributed by atoms with Gasteiger partial charge in [0.15, 0.2) is 0 Å². The normalized spacial score (nSPS) is 10.8. The Kier molecular flexibility index (Phi) is 3.20. The van der Waals surface area contributed by atoms with Gasteiger partial charge in [-0.2, -0.15) is 0 Å². The van der Waals surface area contributed by atoms with Crippen molar-refractivity contribution < 1.29 is 9.32 Å². The third kappa shape index (κ3) is 2.54. The lowest BCUT2D eigenvalue weighted by atomic mass is 10.3. The number of H-pyrrole nitrogens is 1. The Morgan fingerprint density at radius 3 is 3.00 bits per heavy atom. The van der Waals surface area contributed by atoms with Crippen molar-refractivity contribution >= 4 is 16.9 Å². The van der Waals surface area contributed by atoms with Gasteiger partial charge in [-0.25, -0.2) is 4.98 Å². The van der Waals surface area contributed by atoms with Crippen LogP contribution < -0.4 is 5.32 Å². The number of rotatable bonds is 4. The number of fused-ring (bicyclic) bond motifs is 1. The Morgan fingerprint density at radius 2 is 2.25 bits per heavy atom. The first-order chi connectivity index (χ1) is 9.72. The minimum Gasteiger partial charge on any atom is -0.351 e. The highest BCUT2D eigenvalue weighted by Crippen LogP contribution is 2.10. The molecule has 0 fully saturated rings. The number of amides is 1. The van der Waals surface area contributed by atoms with E-state index >= 15 is 0 Å². The molecule has 1 amide bonds. The number of aromatic amines is 1. The maximum absolute atomic E-state index is 11.7. The molecule has 2 aromatic heterocycles. The second-order valence-electron chi connectivity index (χ2n) is 4.54. The lowest BCUT2D eigenvalue weighted by molar-refractivity contribution is 0.0917. The molecule has 0 saturated heterocycles. The number of benzene rings is 1. The highest BCUT2D eigenvalue weighted by atomic mass is 16.5. The van der Waals surface area contributed by atoms with E-state index in [0.29, 0.717) is 18.7 Å². The molecule has 3 rings (SSSR count). The summed E-state index contributed by atoms with van der Waals surface area (Å²) < 4.78 is 4.89. The largest absolute Gasteiger partial charge is 0.351 e. The van der Waals surface area contributed by atoms with Crippen molar-refractivity contribution in [1.29, 1.82) is 0 Å². The summed E-state index contributed by atoms with van der Waals surface area (Å²) in [5.74, 6) is 0.814. The highest BCUT2D eigenvalue weighted by molar-refractivity contribution is 5.91. The molecule has 0 aliphatic rings. The summed E-state index contributed by atoms with van der Waals surface area (Å²) >= 11 is 0. The average Bonchev–Trinajstić information content (AvgIpc) is 3.04. The number of aromatic nitrogens is 3. The van der Waals surface area contributed by atoms with Gasteiger partial charge in [0.25, 0.3) is 5.91 Å². The fourth-order valence-corrected chi connectivity index (χ4v) is 1.98. The van der Waals surface area contributed by atoms with Crippen LogP contribution >= 0.6 is 0 Å². The number of para-hydroxylation sites is 2. The van der Waals surface area contributed by atoms with Gasteiger partial charge in [-0.1, -0.05) is 17.3 Å². The maximum atomic E-state index is 11.7. The van der Waals surface area contributed by atoms with Crippen LogP contribution in [0.25, 0.3) is 11.0 Å². The molecule has 0 bridgehead atoms. The Balaban J connectivity index is 1.58. The minimum atomic E-state index is -0.262. The summed E-state index contributed by atoms with van der Waals surface area (Å²) in [6.45, 7) is 2.26. The van der Waals surface area contributed by atoms with E-state index in [1.807, 2.05) is 24.3 Å². The predicted molar refractivity (Wildman–Crippen MR) is 73.4 cm³/mol. The van der Waals surface area contributed by atoms with Crippen LogP contribution in [0, 0.1) is 6.92 Å². The minimum absolute atomic E-state index is 0.229. The summed E-state index contributed by atoms with van der Waals surface area (Å²) in [6, 6.07) is 9.43. The molecule has 0 spiro atoms. The molecule has 0 aliphatic heterocycles. The Morgan fingerprint density at radius 1 is 1.40 bits per heavy atom. The summed E-state index contributed by atoms with van der Waals surface area (Å²) in [5, 5.41) is 6.45. The van der Waals surface area contributed by atoms with Crippen molar-refractivity contribution in [3.8, 4) is 0 Å². The molecule has 20 heavy (non-hydrogen) atoms. The van der Waals surface area contributed by atoms with Gasteiger partial charge < -0.3 is 14.8 Å². The van der Waals surface area contributed by atoms with Gasteiger partial charge in [0, 0.05) is 19.0 Å². The summed E-state index contributed by atoms with van der Waals surface area (Å²) in [7, 11) is 0. The molecule has 3 aromatic rings. The molecule has 2 N–H and O–H groups in total.